The van der Waals surface area contributed by atoms with E-state index in [1.54, 1.807) is 7.11 Å². The molecule has 0 saturated heterocycles. The summed E-state index contributed by atoms with van der Waals surface area (Å²) in [5.41, 5.74) is -0.794. The highest BCUT2D eigenvalue weighted by Crippen LogP contribution is 2.40. The van der Waals surface area contributed by atoms with Gasteiger partial charge in [0.2, 0.25) is 0 Å². The number of nitrogens with one attached hydrogen (secondary N) is 2. The Morgan fingerprint density at radius 1 is 1.30 bits per heavy atom. The topological polar surface area (TPSA) is 87.7 Å². The average Bonchev–Trinajstić information content (AvgIpc) is 2.32. The maximum atomic E-state index is 11.7. The molecule has 0 radical (unpaired) electrons. The molecular weight excluding hydrogens is 260 g/mol. The van der Waals surface area contributed by atoms with Gasteiger partial charge in [0.05, 0.1) is 5.41 Å². The monoisotopic (exact) mass is 286 g/mol. The zero-order valence-corrected chi connectivity index (χ0v) is 12.6. The number of amides is 2. The quantitative estimate of drug-likeness (QED) is 0.632. The smallest absolute Gasteiger partial charge is 0.314 e. The van der Waals surface area contributed by atoms with E-state index >= 15 is 0 Å². The van der Waals surface area contributed by atoms with E-state index in [-0.39, 0.29) is 18.0 Å². The predicted octanol–water partition coefficient (Wildman–Crippen LogP) is 1.60. The summed E-state index contributed by atoms with van der Waals surface area (Å²) in [6.07, 6.45) is 3.05. The maximum Gasteiger partial charge on any atom is 0.314 e. The molecule has 1 fully saturated rings. The molecule has 0 aliphatic heterocycles. The number of hydrogen-bond acceptors (Lipinski definition) is 3. The molecule has 1 rings (SSSR count). The van der Waals surface area contributed by atoms with Gasteiger partial charge in [0.25, 0.3) is 0 Å². The number of carboxylic acids is 1. The van der Waals surface area contributed by atoms with Gasteiger partial charge in [-0.25, -0.2) is 4.79 Å². The summed E-state index contributed by atoms with van der Waals surface area (Å²) in [6.45, 7) is 5.49. The van der Waals surface area contributed by atoms with E-state index in [9.17, 15) is 9.59 Å². The van der Waals surface area contributed by atoms with Crippen molar-refractivity contribution in [1.82, 2.24) is 10.6 Å². The minimum atomic E-state index is -0.815. The van der Waals surface area contributed by atoms with Crippen molar-refractivity contribution >= 4 is 12.0 Å². The molecule has 0 aromatic rings. The van der Waals surface area contributed by atoms with Crippen LogP contribution in [0.3, 0.4) is 0 Å². The highest BCUT2D eigenvalue weighted by Gasteiger charge is 2.44. The fraction of sp³-hybridized carbons (Fsp3) is 0.857. The van der Waals surface area contributed by atoms with Crippen molar-refractivity contribution in [3.63, 3.8) is 0 Å². The maximum absolute atomic E-state index is 11.7. The lowest BCUT2D eigenvalue weighted by Gasteiger charge is -2.37. The predicted molar refractivity (Wildman–Crippen MR) is 75.6 cm³/mol. The molecule has 6 heteroatoms. The van der Waals surface area contributed by atoms with Gasteiger partial charge in [0.15, 0.2) is 0 Å². The van der Waals surface area contributed by atoms with Crippen LogP contribution in [0.5, 0.6) is 0 Å². The molecule has 0 aromatic carbocycles. The number of methoxy groups -OCH3 is 1. The van der Waals surface area contributed by atoms with Crippen molar-refractivity contribution in [3.8, 4) is 0 Å². The van der Waals surface area contributed by atoms with Crippen LogP contribution in [0.25, 0.3) is 0 Å². The molecule has 1 aliphatic rings. The normalized spacial score (nSPS) is 17.1. The molecule has 3 N–H and O–H groups in total. The van der Waals surface area contributed by atoms with Crippen molar-refractivity contribution in [2.75, 3.05) is 26.8 Å². The lowest BCUT2D eigenvalue weighted by atomic mass is 9.69. The number of ether oxygens (including phenoxy) is 1. The fourth-order valence-corrected chi connectivity index (χ4v) is 2.17. The van der Waals surface area contributed by atoms with E-state index in [0.29, 0.717) is 26.0 Å². The zero-order chi connectivity index (χ0) is 15.2. The van der Waals surface area contributed by atoms with Gasteiger partial charge in [-0.05, 0) is 24.7 Å². The minimum absolute atomic E-state index is 0.0473. The SMILES string of the molecule is COCCC(C)(C)CNC(=O)NCC1(C(=O)O)CCC1. The molecule has 1 aliphatic carbocycles. The van der Waals surface area contributed by atoms with E-state index in [1.807, 2.05) is 0 Å². The van der Waals surface area contributed by atoms with E-state index < -0.39 is 11.4 Å². The number of carbonyl (C=O) groups excluding carboxylic acids is 1. The summed E-state index contributed by atoms with van der Waals surface area (Å²) >= 11 is 0. The van der Waals surface area contributed by atoms with Gasteiger partial charge < -0.3 is 20.5 Å². The van der Waals surface area contributed by atoms with Gasteiger partial charge in [0, 0.05) is 26.8 Å². The first-order valence-corrected chi connectivity index (χ1v) is 7.05. The van der Waals surface area contributed by atoms with Crippen molar-refractivity contribution in [2.45, 2.75) is 39.5 Å². The lowest BCUT2D eigenvalue weighted by Crippen LogP contribution is -2.50. The molecule has 0 atom stereocenters. The van der Waals surface area contributed by atoms with E-state index in [1.165, 1.54) is 0 Å². The Morgan fingerprint density at radius 2 is 1.95 bits per heavy atom. The van der Waals surface area contributed by atoms with Crippen LogP contribution in [-0.4, -0.2) is 43.9 Å². The highest BCUT2D eigenvalue weighted by atomic mass is 16.5. The van der Waals surface area contributed by atoms with Gasteiger partial charge in [-0.1, -0.05) is 20.3 Å². The van der Waals surface area contributed by atoms with Crippen LogP contribution >= 0.6 is 0 Å². The standard InChI is InChI=1S/C14H26N2O4/c1-13(2,7-8-20-3)9-15-12(19)16-10-14(11(17)18)5-4-6-14/h4-10H2,1-3H3,(H,17,18)(H2,15,16,19). The summed E-state index contributed by atoms with van der Waals surface area (Å²) in [4.78, 5) is 22.9. The fourth-order valence-electron chi connectivity index (χ4n) is 2.17. The Bertz CT molecular complexity index is 351. The summed E-state index contributed by atoms with van der Waals surface area (Å²) in [5, 5.41) is 14.6. The molecule has 0 aromatic heterocycles. The first kappa shape index (κ1) is 16.8. The van der Waals surface area contributed by atoms with Crippen molar-refractivity contribution in [3.05, 3.63) is 0 Å². The Labute approximate surface area is 120 Å². The van der Waals surface area contributed by atoms with Crippen LogP contribution in [0.2, 0.25) is 0 Å². The number of hydrogen-bond donors (Lipinski definition) is 3. The van der Waals surface area contributed by atoms with Crippen LogP contribution in [-0.2, 0) is 9.53 Å². The summed E-state index contributed by atoms with van der Waals surface area (Å²) in [7, 11) is 1.65. The summed E-state index contributed by atoms with van der Waals surface area (Å²) in [6, 6.07) is -0.303. The third-order valence-electron chi connectivity index (χ3n) is 4.06. The third-order valence-corrected chi connectivity index (χ3v) is 4.06. The first-order valence-electron chi connectivity index (χ1n) is 7.05. The van der Waals surface area contributed by atoms with E-state index in [2.05, 4.69) is 24.5 Å². The van der Waals surface area contributed by atoms with Crippen LogP contribution in [0.4, 0.5) is 4.79 Å². The summed E-state index contributed by atoms with van der Waals surface area (Å²) in [5.74, 6) is -0.815. The van der Waals surface area contributed by atoms with Gasteiger partial charge in [-0.15, -0.1) is 0 Å². The second-order valence-corrected chi connectivity index (χ2v) is 6.38. The van der Waals surface area contributed by atoms with Gasteiger partial charge in [0.1, 0.15) is 0 Å². The van der Waals surface area contributed by atoms with E-state index in [0.717, 1.165) is 12.8 Å². The molecule has 20 heavy (non-hydrogen) atoms. The highest BCUT2D eigenvalue weighted by molar-refractivity contribution is 5.78. The van der Waals surface area contributed by atoms with Crippen LogP contribution < -0.4 is 10.6 Å². The molecule has 6 nitrogen and oxygen atoms in total. The molecule has 0 bridgehead atoms. The number of aliphatic carboxylic acids is 1. The van der Waals surface area contributed by atoms with Crippen LogP contribution in [0, 0.1) is 10.8 Å². The number of carboxylic acid groups (broad SMARTS) is 1. The van der Waals surface area contributed by atoms with Gasteiger partial charge in [-0.3, -0.25) is 4.79 Å². The Hall–Kier alpha value is -1.30. The second kappa shape index (κ2) is 6.92. The van der Waals surface area contributed by atoms with Crippen LogP contribution in [0.1, 0.15) is 39.5 Å². The molecule has 1 saturated carbocycles. The Kier molecular flexibility index (Phi) is 5.80. The largest absolute Gasteiger partial charge is 0.481 e. The molecule has 0 unspecified atom stereocenters. The molecule has 0 heterocycles. The number of carbonyl (C=O) groups is 2. The molecule has 0 spiro atoms. The zero-order valence-electron chi connectivity index (χ0n) is 12.6. The summed E-state index contributed by atoms with van der Waals surface area (Å²) < 4.78 is 5.03. The first-order chi connectivity index (χ1) is 9.31. The van der Waals surface area contributed by atoms with Crippen LogP contribution in [0.15, 0.2) is 0 Å². The molecule has 116 valence electrons. The molecular formula is C14H26N2O4. The average molecular weight is 286 g/mol. The number of rotatable bonds is 8. The van der Waals surface area contributed by atoms with Crippen molar-refractivity contribution in [2.24, 2.45) is 10.8 Å². The Morgan fingerprint density at radius 3 is 2.40 bits per heavy atom. The molecule has 2 amide bonds. The third kappa shape index (κ3) is 4.67. The number of urea groups is 1. The van der Waals surface area contributed by atoms with Crippen molar-refractivity contribution < 1.29 is 19.4 Å². The minimum Gasteiger partial charge on any atom is -0.481 e. The van der Waals surface area contributed by atoms with E-state index in [4.69, 9.17) is 9.84 Å². The second-order valence-electron chi connectivity index (χ2n) is 6.38. The van der Waals surface area contributed by atoms with Gasteiger partial charge >= 0.3 is 12.0 Å². The Balaban J connectivity index is 2.28. The van der Waals surface area contributed by atoms with Crippen molar-refractivity contribution in [1.29, 1.82) is 0 Å². The lowest BCUT2D eigenvalue weighted by molar-refractivity contribution is -0.153. The van der Waals surface area contributed by atoms with Gasteiger partial charge in [-0.2, -0.15) is 0 Å².